The number of aryl methyl sites for hydroxylation is 1. The summed E-state index contributed by atoms with van der Waals surface area (Å²) in [5.41, 5.74) is 4.97. The number of anilines is 2. The first-order valence-corrected chi connectivity index (χ1v) is 10.6. The molecule has 4 aromatic rings. The summed E-state index contributed by atoms with van der Waals surface area (Å²) >= 11 is 0. The van der Waals surface area contributed by atoms with Crippen molar-refractivity contribution in [2.24, 2.45) is 0 Å². The maximum absolute atomic E-state index is 12.4. The third-order valence-corrected chi connectivity index (χ3v) is 5.13. The van der Waals surface area contributed by atoms with Crippen molar-refractivity contribution < 1.29 is 14.3 Å². The van der Waals surface area contributed by atoms with Crippen LogP contribution in [0.2, 0.25) is 0 Å². The number of ether oxygens (including phenoxy) is 1. The second-order valence-electron chi connectivity index (χ2n) is 7.58. The highest BCUT2D eigenvalue weighted by Gasteiger charge is 2.09. The molecular formula is C28H24N2O3. The lowest BCUT2D eigenvalue weighted by molar-refractivity contribution is -0.118. The molecule has 0 aliphatic rings. The van der Waals surface area contributed by atoms with Crippen LogP contribution in [-0.2, 0) is 4.79 Å². The molecule has 0 unspecified atom stereocenters. The van der Waals surface area contributed by atoms with Crippen molar-refractivity contribution in [2.75, 3.05) is 17.2 Å². The molecule has 33 heavy (non-hydrogen) atoms. The summed E-state index contributed by atoms with van der Waals surface area (Å²) in [6.45, 7) is 1.78. The van der Waals surface area contributed by atoms with Crippen LogP contribution in [-0.4, -0.2) is 18.4 Å². The quantitative estimate of drug-likeness (QED) is 0.377. The van der Waals surface area contributed by atoms with Gasteiger partial charge in [0.1, 0.15) is 5.75 Å². The van der Waals surface area contributed by atoms with E-state index in [2.05, 4.69) is 10.6 Å². The fourth-order valence-electron chi connectivity index (χ4n) is 3.39. The first kappa shape index (κ1) is 21.8. The molecule has 0 fully saturated rings. The smallest absolute Gasteiger partial charge is 0.262 e. The van der Waals surface area contributed by atoms with E-state index in [4.69, 9.17) is 4.74 Å². The molecule has 5 heteroatoms. The minimum Gasteiger partial charge on any atom is -0.484 e. The van der Waals surface area contributed by atoms with Gasteiger partial charge in [-0.3, -0.25) is 9.59 Å². The highest BCUT2D eigenvalue weighted by molar-refractivity contribution is 6.04. The Bertz CT molecular complexity index is 1240. The topological polar surface area (TPSA) is 67.4 Å². The van der Waals surface area contributed by atoms with Gasteiger partial charge in [-0.1, -0.05) is 60.7 Å². The third-order valence-electron chi connectivity index (χ3n) is 5.13. The molecule has 0 heterocycles. The van der Waals surface area contributed by atoms with Gasteiger partial charge in [0.2, 0.25) is 0 Å². The van der Waals surface area contributed by atoms with Crippen molar-refractivity contribution >= 4 is 23.2 Å². The Morgan fingerprint density at radius 3 is 2.03 bits per heavy atom. The monoisotopic (exact) mass is 436 g/mol. The molecule has 0 saturated carbocycles. The molecular weight excluding hydrogens is 412 g/mol. The third kappa shape index (κ3) is 5.86. The van der Waals surface area contributed by atoms with Gasteiger partial charge in [0.25, 0.3) is 11.8 Å². The van der Waals surface area contributed by atoms with E-state index in [1.54, 1.807) is 24.3 Å². The average molecular weight is 437 g/mol. The van der Waals surface area contributed by atoms with Crippen molar-refractivity contribution in [3.63, 3.8) is 0 Å². The average Bonchev–Trinajstić information content (AvgIpc) is 2.86. The molecule has 0 atom stereocenters. The van der Waals surface area contributed by atoms with Gasteiger partial charge < -0.3 is 15.4 Å². The number of carbonyl (C=O) groups excluding carboxylic acids is 2. The summed E-state index contributed by atoms with van der Waals surface area (Å²) in [4.78, 5) is 24.7. The van der Waals surface area contributed by atoms with Crippen LogP contribution in [0.1, 0.15) is 15.9 Å². The Morgan fingerprint density at radius 2 is 1.36 bits per heavy atom. The fourth-order valence-corrected chi connectivity index (χ4v) is 3.39. The van der Waals surface area contributed by atoms with Gasteiger partial charge in [0.15, 0.2) is 6.61 Å². The number of hydrogen-bond acceptors (Lipinski definition) is 3. The molecule has 0 spiro atoms. The first-order chi connectivity index (χ1) is 16.1. The summed E-state index contributed by atoms with van der Waals surface area (Å²) in [7, 11) is 0. The Labute approximate surface area is 193 Å². The van der Waals surface area contributed by atoms with Crippen LogP contribution in [0, 0.1) is 6.92 Å². The lowest BCUT2D eigenvalue weighted by Crippen LogP contribution is -2.20. The normalized spacial score (nSPS) is 10.3. The Morgan fingerprint density at radius 1 is 0.727 bits per heavy atom. The second-order valence-corrected chi connectivity index (χ2v) is 7.58. The maximum Gasteiger partial charge on any atom is 0.262 e. The Balaban J connectivity index is 1.30. The predicted molar refractivity (Wildman–Crippen MR) is 132 cm³/mol. The molecule has 4 rings (SSSR count). The lowest BCUT2D eigenvalue weighted by atomic mass is 10.1. The summed E-state index contributed by atoms with van der Waals surface area (Å²) < 4.78 is 5.62. The zero-order chi connectivity index (χ0) is 23.0. The van der Waals surface area contributed by atoms with Crippen LogP contribution in [0.25, 0.3) is 11.1 Å². The lowest BCUT2D eigenvalue weighted by Gasteiger charge is -2.12. The molecule has 164 valence electrons. The van der Waals surface area contributed by atoms with Gasteiger partial charge in [0, 0.05) is 16.9 Å². The van der Waals surface area contributed by atoms with Crippen LogP contribution < -0.4 is 15.4 Å². The van der Waals surface area contributed by atoms with Crippen LogP contribution in [0.5, 0.6) is 5.75 Å². The molecule has 0 bridgehead atoms. The molecule has 2 N–H and O–H groups in total. The fraction of sp³-hybridized carbons (Fsp3) is 0.0714. The molecule has 0 saturated heterocycles. The van der Waals surface area contributed by atoms with Gasteiger partial charge in [-0.2, -0.15) is 0 Å². The first-order valence-electron chi connectivity index (χ1n) is 10.6. The van der Waals surface area contributed by atoms with Crippen molar-refractivity contribution in [3.8, 4) is 16.9 Å². The second kappa shape index (κ2) is 10.3. The van der Waals surface area contributed by atoms with Crippen LogP contribution in [0.4, 0.5) is 11.4 Å². The van der Waals surface area contributed by atoms with Crippen LogP contribution >= 0.6 is 0 Å². The molecule has 0 aromatic heterocycles. The van der Waals surface area contributed by atoms with E-state index >= 15 is 0 Å². The van der Waals surface area contributed by atoms with Gasteiger partial charge in [-0.05, 0) is 66.1 Å². The standard InChI is InChI=1S/C28H24N2O3/c1-20-18-24(14-17-26(20)30-28(32)23-10-6-3-7-11-23)29-27(31)19-33-25-15-12-22(13-16-25)21-8-4-2-5-9-21/h2-18H,19H2,1H3,(H,29,31)(H,30,32). The number of rotatable bonds is 7. The number of amides is 2. The Hall–Kier alpha value is -4.38. The SMILES string of the molecule is Cc1cc(NC(=O)COc2ccc(-c3ccccc3)cc2)ccc1NC(=O)c1ccccc1. The molecule has 0 aliphatic carbocycles. The Kier molecular flexibility index (Phi) is 6.81. The van der Waals surface area contributed by atoms with E-state index in [9.17, 15) is 9.59 Å². The molecule has 4 aromatic carbocycles. The molecule has 0 radical (unpaired) electrons. The zero-order valence-corrected chi connectivity index (χ0v) is 18.2. The van der Waals surface area contributed by atoms with E-state index in [0.717, 1.165) is 16.7 Å². The molecule has 0 aliphatic heterocycles. The highest BCUT2D eigenvalue weighted by Crippen LogP contribution is 2.23. The van der Waals surface area contributed by atoms with E-state index < -0.39 is 0 Å². The summed E-state index contributed by atoms with van der Waals surface area (Å²) in [5.74, 6) is 0.185. The number of nitrogens with one attached hydrogen (secondary N) is 2. The largest absolute Gasteiger partial charge is 0.484 e. The summed E-state index contributed by atoms with van der Waals surface area (Å²) in [5, 5.41) is 5.72. The van der Waals surface area contributed by atoms with E-state index in [-0.39, 0.29) is 18.4 Å². The van der Waals surface area contributed by atoms with Gasteiger partial charge in [-0.15, -0.1) is 0 Å². The predicted octanol–water partition coefficient (Wildman–Crippen LogP) is 5.93. The summed E-state index contributed by atoms with van der Waals surface area (Å²) in [6, 6.07) is 32.1. The molecule has 2 amide bonds. The van der Waals surface area contributed by atoms with Gasteiger partial charge >= 0.3 is 0 Å². The van der Waals surface area contributed by atoms with Crippen LogP contribution in [0.15, 0.2) is 103 Å². The van der Waals surface area contributed by atoms with E-state index in [1.807, 2.05) is 85.8 Å². The molecule has 5 nitrogen and oxygen atoms in total. The van der Waals surface area contributed by atoms with Crippen molar-refractivity contribution in [1.82, 2.24) is 0 Å². The van der Waals surface area contributed by atoms with Gasteiger partial charge in [-0.25, -0.2) is 0 Å². The number of hydrogen-bond donors (Lipinski definition) is 2. The highest BCUT2D eigenvalue weighted by atomic mass is 16.5. The van der Waals surface area contributed by atoms with Crippen molar-refractivity contribution in [3.05, 3.63) is 114 Å². The van der Waals surface area contributed by atoms with Crippen LogP contribution in [0.3, 0.4) is 0 Å². The van der Waals surface area contributed by atoms with Crippen molar-refractivity contribution in [1.29, 1.82) is 0 Å². The van der Waals surface area contributed by atoms with Gasteiger partial charge in [0.05, 0.1) is 0 Å². The minimum atomic E-state index is -0.261. The van der Waals surface area contributed by atoms with E-state index in [1.165, 1.54) is 0 Å². The van der Waals surface area contributed by atoms with Crippen molar-refractivity contribution in [2.45, 2.75) is 6.92 Å². The number of benzene rings is 4. The zero-order valence-electron chi connectivity index (χ0n) is 18.2. The number of carbonyl (C=O) groups is 2. The minimum absolute atomic E-state index is 0.101. The maximum atomic E-state index is 12.4. The summed E-state index contributed by atoms with van der Waals surface area (Å²) in [6.07, 6.45) is 0. The van der Waals surface area contributed by atoms with E-state index in [0.29, 0.717) is 22.7 Å².